The second kappa shape index (κ2) is 8.53. The first-order chi connectivity index (χ1) is 13.8. The van der Waals surface area contributed by atoms with Gasteiger partial charge in [0.25, 0.3) is 0 Å². The Morgan fingerprint density at radius 2 is 1.83 bits per heavy atom. The van der Waals surface area contributed by atoms with Gasteiger partial charge < -0.3 is 19.4 Å². The molecule has 0 atom stereocenters. The zero-order chi connectivity index (χ0) is 21.1. The van der Waals surface area contributed by atoms with Crippen molar-refractivity contribution >= 4 is 23.2 Å². The van der Waals surface area contributed by atoms with E-state index in [1.54, 1.807) is 23.9 Å². The molecule has 0 saturated carbocycles. The van der Waals surface area contributed by atoms with E-state index < -0.39 is 11.4 Å². The molecule has 2 aromatic carbocycles. The quantitative estimate of drug-likeness (QED) is 0.641. The normalized spacial score (nSPS) is 10.7. The first-order valence-electron chi connectivity index (χ1n) is 8.84. The molecule has 0 aliphatic heterocycles. The molecular formula is C21H21ClFN3O3. The van der Waals surface area contributed by atoms with Crippen molar-refractivity contribution < 1.29 is 13.9 Å². The summed E-state index contributed by atoms with van der Waals surface area (Å²) >= 11 is 5.90. The first kappa shape index (κ1) is 20.7. The average molecular weight is 418 g/mol. The van der Waals surface area contributed by atoms with Crippen molar-refractivity contribution in [2.75, 3.05) is 19.5 Å². The number of anilines is 2. The molecule has 0 unspecified atom stereocenters. The van der Waals surface area contributed by atoms with E-state index in [1.165, 1.54) is 19.2 Å². The molecule has 8 heteroatoms. The number of aromatic nitrogens is 2. The summed E-state index contributed by atoms with van der Waals surface area (Å²) in [7, 11) is 3.02. The lowest BCUT2D eigenvalue weighted by Crippen LogP contribution is -2.19. The van der Waals surface area contributed by atoms with Crippen LogP contribution in [0.25, 0.3) is 0 Å². The Morgan fingerprint density at radius 3 is 2.48 bits per heavy atom. The van der Waals surface area contributed by atoms with E-state index >= 15 is 0 Å². The molecule has 0 amide bonds. The lowest BCUT2D eigenvalue weighted by atomic mass is 10.1. The van der Waals surface area contributed by atoms with Crippen molar-refractivity contribution in [3.8, 4) is 11.5 Å². The number of rotatable bonds is 6. The molecule has 0 saturated heterocycles. The topological polar surface area (TPSA) is 65.4 Å². The largest absolute Gasteiger partial charge is 0.496 e. The van der Waals surface area contributed by atoms with Crippen LogP contribution in [0.3, 0.4) is 0 Å². The van der Waals surface area contributed by atoms with E-state index in [1.807, 2.05) is 26.0 Å². The standard InChI is InChI=1S/C21H21ClFN3O3/c1-12-13(2)18(28-3)8-7-17(12)24-21-25-20(27)19(29-4)11-26(21)10-14-5-6-16(23)15(22)9-14/h5-9,11H,10H2,1-4H3,(H,24,25,27). The van der Waals surface area contributed by atoms with E-state index in [0.29, 0.717) is 12.5 Å². The molecule has 0 spiro atoms. The summed E-state index contributed by atoms with van der Waals surface area (Å²) < 4.78 is 25.7. The molecule has 0 bridgehead atoms. The summed E-state index contributed by atoms with van der Waals surface area (Å²) in [6.45, 7) is 4.21. The molecule has 3 rings (SSSR count). The maximum Gasteiger partial charge on any atom is 0.316 e. The highest BCUT2D eigenvalue weighted by molar-refractivity contribution is 6.30. The number of nitrogens with one attached hydrogen (secondary N) is 1. The van der Waals surface area contributed by atoms with Crippen LogP contribution in [0.5, 0.6) is 11.5 Å². The van der Waals surface area contributed by atoms with Gasteiger partial charge in [-0.3, -0.25) is 4.79 Å². The van der Waals surface area contributed by atoms with Gasteiger partial charge in [-0.2, -0.15) is 4.98 Å². The Hall–Kier alpha value is -3.06. The fourth-order valence-electron chi connectivity index (χ4n) is 2.94. The minimum Gasteiger partial charge on any atom is -0.496 e. The number of ether oxygens (including phenoxy) is 2. The minimum atomic E-state index is -0.494. The molecule has 3 aromatic rings. The van der Waals surface area contributed by atoms with Gasteiger partial charge in [-0.25, -0.2) is 4.39 Å². The number of hydrogen-bond donors (Lipinski definition) is 1. The van der Waals surface area contributed by atoms with Gasteiger partial charge in [0.15, 0.2) is 0 Å². The van der Waals surface area contributed by atoms with Crippen molar-refractivity contribution in [1.82, 2.24) is 9.55 Å². The summed E-state index contributed by atoms with van der Waals surface area (Å²) in [6, 6.07) is 8.16. The third-order valence-corrected chi connectivity index (χ3v) is 5.01. The van der Waals surface area contributed by atoms with Crippen molar-refractivity contribution in [2.24, 2.45) is 0 Å². The van der Waals surface area contributed by atoms with Gasteiger partial charge >= 0.3 is 5.56 Å². The van der Waals surface area contributed by atoms with Gasteiger partial charge in [0.1, 0.15) is 11.6 Å². The summed E-state index contributed by atoms with van der Waals surface area (Å²) in [6.07, 6.45) is 1.56. The predicted octanol–water partition coefficient (Wildman–Crippen LogP) is 4.46. The average Bonchev–Trinajstić information content (AvgIpc) is 2.70. The van der Waals surface area contributed by atoms with Gasteiger partial charge in [0.05, 0.1) is 32.0 Å². The van der Waals surface area contributed by atoms with Crippen LogP contribution < -0.4 is 20.3 Å². The molecule has 6 nitrogen and oxygen atoms in total. The van der Waals surface area contributed by atoms with Crippen molar-refractivity contribution in [1.29, 1.82) is 0 Å². The molecule has 1 heterocycles. The number of nitrogens with zero attached hydrogens (tertiary/aromatic N) is 2. The molecule has 29 heavy (non-hydrogen) atoms. The van der Waals surface area contributed by atoms with Crippen molar-refractivity contribution in [3.63, 3.8) is 0 Å². The monoisotopic (exact) mass is 417 g/mol. The van der Waals surface area contributed by atoms with Crippen LogP contribution >= 0.6 is 11.6 Å². The molecule has 1 N–H and O–H groups in total. The Balaban J connectivity index is 2.04. The van der Waals surface area contributed by atoms with Crippen molar-refractivity contribution in [3.05, 3.63) is 74.4 Å². The van der Waals surface area contributed by atoms with Crippen LogP contribution in [0.4, 0.5) is 16.0 Å². The maximum absolute atomic E-state index is 13.5. The Labute approximate surface area is 172 Å². The SMILES string of the molecule is COc1ccc(Nc2nc(=O)c(OC)cn2Cc2ccc(F)c(Cl)c2)c(C)c1C. The van der Waals surface area contributed by atoms with E-state index in [2.05, 4.69) is 10.3 Å². The number of benzene rings is 2. The van der Waals surface area contributed by atoms with E-state index in [4.69, 9.17) is 21.1 Å². The Kier molecular flexibility index (Phi) is 6.08. The van der Waals surface area contributed by atoms with Crippen LogP contribution in [0.15, 0.2) is 41.3 Å². The molecule has 1 aromatic heterocycles. The van der Waals surface area contributed by atoms with E-state index in [-0.39, 0.29) is 10.8 Å². The van der Waals surface area contributed by atoms with Gasteiger partial charge in [-0.1, -0.05) is 17.7 Å². The van der Waals surface area contributed by atoms with Gasteiger partial charge in [-0.05, 0) is 54.8 Å². The Morgan fingerprint density at radius 1 is 1.10 bits per heavy atom. The summed E-state index contributed by atoms with van der Waals surface area (Å²) in [5, 5.41) is 3.23. The molecular weight excluding hydrogens is 397 g/mol. The third kappa shape index (κ3) is 4.35. The first-order valence-corrected chi connectivity index (χ1v) is 9.22. The highest BCUT2D eigenvalue weighted by Gasteiger charge is 2.13. The molecule has 152 valence electrons. The molecule has 0 radical (unpaired) electrons. The highest BCUT2D eigenvalue weighted by atomic mass is 35.5. The van der Waals surface area contributed by atoms with Crippen LogP contribution in [-0.2, 0) is 6.54 Å². The number of methoxy groups -OCH3 is 2. The summed E-state index contributed by atoms with van der Waals surface area (Å²) in [5.41, 5.74) is 2.98. The zero-order valence-corrected chi connectivity index (χ0v) is 17.3. The van der Waals surface area contributed by atoms with E-state index in [9.17, 15) is 9.18 Å². The highest BCUT2D eigenvalue weighted by Crippen LogP contribution is 2.29. The Bertz CT molecular complexity index is 1120. The third-order valence-electron chi connectivity index (χ3n) is 4.72. The van der Waals surface area contributed by atoms with Crippen molar-refractivity contribution in [2.45, 2.75) is 20.4 Å². The molecule has 0 aliphatic carbocycles. The molecule has 0 aliphatic rings. The summed E-state index contributed by atoms with van der Waals surface area (Å²) in [4.78, 5) is 16.4. The summed E-state index contributed by atoms with van der Waals surface area (Å²) in [5.74, 6) is 0.707. The predicted molar refractivity (Wildman–Crippen MR) is 111 cm³/mol. The molecule has 0 fully saturated rings. The van der Waals surface area contributed by atoms with Crippen LogP contribution in [0.1, 0.15) is 16.7 Å². The van der Waals surface area contributed by atoms with Crippen LogP contribution in [-0.4, -0.2) is 23.8 Å². The zero-order valence-electron chi connectivity index (χ0n) is 16.5. The fourth-order valence-corrected chi connectivity index (χ4v) is 3.14. The fraction of sp³-hybridized carbons (Fsp3) is 0.238. The van der Waals surface area contributed by atoms with Crippen LogP contribution in [0, 0.1) is 19.7 Å². The number of hydrogen-bond acceptors (Lipinski definition) is 5. The van der Waals surface area contributed by atoms with Gasteiger partial charge in [0.2, 0.25) is 11.7 Å². The van der Waals surface area contributed by atoms with Gasteiger partial charge in [-0.15, -0.1) is 0 Å². The van der Waals surface area contributed by atoms with Gasteiger partial charge in [0, 0.05) is 5.69 Å². The second-order valence-electron chi connectivity index (χ2n) is 6.50. The minimum absolute atomic E-state index is 0.0274. The van der Waals surface area contributed by atoms with E-state index in [0.717, 1.165) is 28.1 Å². The second-order valence-corrected chi connectivity index (χ2v) is 6.91. The lowest BCUT2D eigenvalue weighted by Gasteiger charge is -2.18. The van der Waals surface area contributed by atoms with Crippen LogP contribution in [0.2, 0.25) is 5.02 Å². The maximum atomic E-state index is 13.5. The lowest BCUT2D eigenvalue weighted by molar-refractivity contribution is 0.402. The number of halogens is 2. The smallest absolute Gasteiger partial charge is 0.316 e.